The van der Waals surface area contributed by atoms with Crippen molar-refractivity contribution in [2.24, 2.45) is 5.73 Å². The van der Waals surface area contributed by atoms with Crippen molar-refractivity contribution >= 4 is 5.97 Å². The molecule has 0 aliphatic carbocycles. The Balaban J connectivity index is 3.49. The van der Waals surface area contributed by atoms with Gasteiger partial charge < -0.3 is 15.6 Å². The fraction of sp³-hybridized carbons (Fsp3) is 0.609. The van der Waals surface area contributed by atoms with Crippen LogP contribution in [0.4, 0.5) is 0 Å². The second-order valence-electron chi connectivity index (χ2n) is 6.61. The fourth-order valence-electron chi connectivity index (χ4n) is 2.25. The van der Waals surface area contributed by atoms with Gasteiger partial charge in [-0.25, -0.2) is 0 Å². The van der Waals surface area contributed by atoms with E-state index >= 15 is 0 Å². The van der Waals surface area contributed by atoms with Gasteiger partial charge in [0.25, 0.3) is 0 Å². The molecule has 0 bridgehead atoms. The first-order valence-corrected chi connectivity index (χ1v) is 10.3. The van der Waals surface area contributed by atoms with E-state index in [2.05, 4.69) is 55.5 Å². The third-order valence-corrected chi connectivity index (χ3v) is 3.90. The summed E-state index contributed by atoms with van der Waals surface area (Å²) in [5.74, 6) is -0.255. The molecule has 0 rings (SSSR count). The lowest BCUT2D eigenvalue weighted by molar-refractivity contribution is -0.144. The van der Waals surface area contributed by atoms with Gasteiger partial charge in [-0.3, -0.25) is 4.79 Å². The van der Waals surface area contributed by atoms with E-state index in [4.69, 9.17) is 15.6 Å². The summed E-state index contributed by atoms with van der Waals surface area (Å²) in [6.45, 7) is 2.14. The maximum absolute atomic E-state index is 11.4. The lowest BCUT2D eigenvalue weighted by Gasteiger charge is -2.08. The van der Waals surface area contributed by atoms with Crippen molar-refractivity contribution < 1.29 is 14.6 Å². The number of nitrogens with two attached hydrogens (primary N) is 1. The molecule has 0 aliphatic heterocycles. The number of esters is 1. The van der Waals surface area contributed by atoms with Crippen LogP contribution in [0, 0.1) is 0 Å². The minimum atomic E-state index is -0.484. The van der Waals surface area contributed by atoms with Crippen LogP contribution in [0.15, 0.2) is 48.6 Å². The van der Waals surface area contributed by atoms with E-state index in [0.29, 0.717) is 6.42 Å². The number of ether oxygens (including phenoxy) is 1. The minimum Gasteiger partial charge on any atom is -0.464 e. The number of hydrogen-bond acceptors (Lipinski definition) is 4. The molecule has 154 valence electrons. The molecule has 0 aromatic carbocycles. The highest BCUT2D eigenvalue weighted by molar-refractivity contribution is 5.69. The molecule has 0 radical (unpaired) electrons. The summed E-state index contributed by atoms with van der Waals surface area (Å²) in [7, 11) is 0. The smallest absolute Gasteiger partial charge is 0.305 e. The summed E-state index contributed by atoms with van der Waals surface area (Å²) in [6.07, 6.45) is 27.5. The average molecular weight is 378 g/mol. The number of hydrogen-bond donors (Lipinski definition) is 2. The van der Waals surface area contributed by atoms with E-state index < -0.39 is 6.04 Å². The van der Waals surface area contributed by atoms with E-state index in [-0.39, 0.29) is 19.2 Å². The van der Waals surface area contributed by atoms with E-state index in [1.807, 2.05) is 0 Å². The van der Waals surface area contributed by atoms with Crippen LogP contribution < -0.4 is 5.73 Å². The summed E-state index contributed by atoms with van der Waals surface area (Å²) in [5, 5.41) is 8.74. The number of carbonyl (C=O) groups is 1. The van der Waals surface area contributed by atoms with E-state index in [0.717, 1.165) is 32.1 Å². The zero-order valence-electron chi connectivity index (χ0n) is 17.0. The quantitative estimate of drug-likeness (QED) is 0.213. The molecule has 0 aliphatic rings. The molecule has 4 nitrogen and oxygen atoms in total. The van der Waals surface area contributed by atoms with Crippen molar-refractivity contribution in [3.05, 3.63) is 48.6 Å². The number of rotatable bonds is 17. The summed E-state index contributed by atoms with van der Waals surface area (Å²) in [5.41, 5.74) is 5.46. The minimum absolute atomic E-state index is 0.0830. The number of aliphatic hydroxyl groups excluding tert-OH is 1. The summed E-state index contributed by atoms with van der Waals surface area (Å²) in [4.78, 5) is 11.4. The van der Waals surface area contributed by atoms with Gasteiger partial charge >= 0.3 is 5.97 Å². The van der Waals surface area contributed by atoms with Gasteiger partial charge in [0, 0.05) is 6.42 Å². The lowest BCUT2D eigenvalue weighted by atomic mass is 10.2. The predicted octanol–water partition coefficient (Wildman–Crippen LogP) is 4.99. The van der Waals surface area contributed by atoms with Crippen LogP contribution in [-0.4, -0.2) is 30.3 Å². The molecule has 0 unspecified atom stereocenters. The topological polar surface area (TPSA) is 72.5 Å². The molecule has 3 N–H and O–H groups in total. The predicted molar refractivity (Wildman–Crippen MR) is 114 cm³/mol. The number of unbranched alkanes of at least 4 members (excludes halogenated alkanes) is 4. The summed E-state index contributed by atoms with van der Waals surface area (Å²) in [6, 6.07) is -0.484. The van der Waals surface area contributed by atoms with Crippen LogP contribution in [0.5, 0.6) is 0 Å². The second kappa shape index (κ2) is 20.7. The monoisotopic (exact) mass is 377 g/mol. The third-order valence-electron chi connectivity index (χ3n) is 3.90. The van der Waals surface area contributed by atoms with Gasteiger partial charge in [-0.15, -0.1) is 0 Å². The molecule has 1 atom stereocenters. The molecule has 0 saturated heterocycles. The Bertz CT molecular complexity index is 453. The molecule has 0 amide bonds. The normalized spacial score (nSPS) is 13.4. The molecular weight excluding hydrogens is 338 g/mol. The van der Waals surface area contributed by atoms with Crippen LogP contribution >= 0.6 is 0 Å². The van der Waals surface area contributed by atoms with Gasteiger partial charge in [-0.05, 0) is 44.9 Å². The Labute approximate surface area is 165 Å². The van der Waals surface area contributed by atoms with Crippen LogP contribution in [0.1, 0.15) is 71.1 Å². The van der Waals surface area contributed by atoms with Crippen molar-refractivity contribution in [3.63, 3.8) is 0 Å². The van der Waals surface area contributed by atoms with Gasteiger partial charge in [0.05, 0.1) is 12.6 Å². The Morgan fingerprint density at radius 1 is 0.889 bits per heavy atom. The number of allylic oxidation sites excluding steroid dienone is 8. The van der Waals surface area contributed by atoms with Gasteiger partial charge in [0.1, 0.15) is 6.61 Å². The summed E-state index contributed by atoms with van der Waals surface area (Å²) >= 11 is 0. The second-order valence-corrected chi connectivity index (χ2v) is 6.61. The molecule has 27 heavy (non-hydrogen) atoms. The highest BCUT2D eigenvalue weighted by Gasteiger charge is 2.05. The van der Waals surface area contributed by atoms with Crippen LogP contribution in [0.25, 0.3) is 0 Å². The third kappa shape index (κ3) is 20.5. The average Bonchev–Trinajstić information content (AvgIpc) is 2.68. The van der Waals surface area contributed by atoms with Crippen molar-refractivity contribution in [2.45, 2.75) is 77.2 Å². The van der Waals surface area contributed by atoms with Crippen molar-refractivity contribution in [1.82, 2.24) is 0 Å². The zero-order valence-corrected chi connectivity index (χ0v) is 17.0. The molecule has 4 heteroatoms. The van der Waals surface area contributed by atoms with Crippen molar-refractivity contribution in [3.8, 4) is 0 Å². The SMILES string of the molecule is CCCCC/C=C/C/C=C/C/C=C/C/C=C\CCCC(=O)OC[C@H](N)CO. The van der Waals surface area contributed by atoms with E-state index in [1.165, 1.54) is 25.7 Å². The Kier molecular flexibility index (Phi) is 19.4. The van der Waals surface area contributed by atoms with Gasteiger partial charge in [-0.1, -0.05) is 68.4 Å². The zero-order chi connectivity index (χ0) is 20.0. The van der Waals surface area contributed by atoms with Crippen molar-refractivity contribution in [1.29, 1.82) is 0 Å². The standard InChI is InChI=1S/C23H39NO3/c1-2-3-4-5-6-7-8-9-10-11-12-13-14-15-16-17-18-19-23(26)27-21-22(24)20-25/h6-7,9-10,12-13,15-16,22,25H,2-5,8,11,14,17-21,24H2,1H3/b7-6+,10-9+,13-12+,16-15-/t22-/m1/s1. The van der Waals surface area contributed by atoms with Gasteiger partial charge in [0.15, 0.2) is 0 Å². The van der Waals surface area contributed by atoms with Crippen molar-refractivity contribution in [2.75, 3.05) is 13.2 Å². The Morgan fingerprint density at radius 3 is 1.93 bits per heavy atom. The lowest BCUT2D eigenvalue weighted by Crippen LogP contribution is -2.31. The van der Waals surface area contributed by atoms with E-state index in [1.54, 1.807) is 0 Å². The van der Waals surface area contributed by atoms with Crippen LogP contribution in [0.3, 0.4) is 0 Å². The highest BCUT2D eigenvalue weighted by Crippen LogP contribution is 2.02. The Hall–Kier alpha value is -1.65. The highest BCUT2D eigenvalue weighted by atomic mass is 16.5. The molecule has 0 heterocycles. The van der Waals surface area contributed by atoms with Gasteiger partial charge in [-0.2, -0.15) is 0 Å². The maximum atomic E-state index is 11.4. The first-order valence-electron chi connectivity index (χ1n) is 10.3. The molecule has 0 aromatic heterocycles. The number of aliphatic hydroxyl groups is 1. The Morgan fingerprint density at radius 2 is 1.41 bits per heavy atom. The maximum Gasteiger partial charge on any atom is 0.305 e. The van der Waals surface area contributed by atoms with Gasteiger partial charge in [0.2, 0.25) is 0 Å². The van der Waals surface area contributed by atoms with E-state index in [9.17, 15) is 4.79 Å². The first kappa shape index (κ1) is 25.4. The first-order chi connectivity index (χ1) is 13.2. The molecule has 0 saturated carbocycles. The molecule has 0 fully saturated rings. The number of carbonyl (C=O) groups excluding carboxylic acids is 1. The largest absolute Gasteiger partial charge is 0.464 e. The molecular formula is C23H39NO3. The fourth-order valence-corrected chi connectivity index (χ4v) is 2.25. The molecule has 0 aromatic rings. The van der Waals surface area contributed by atoms with Crippen LogP contribution in [0.2, 0.25) is 0 Å². The summed E-state index contributed by atoms with van der Waals surface area (Å²) < 4.78 is 4.95. The van der Waals surface area contributed by atoms with Crippen LogP contribution in [-0.2, 0) is 9.53 Å². The molecule has 0 spiro atoms.